The van der Waals surface area contributed by atoms with Gasteiger partial charge in [-0.2, -0.15) is 0 Å². The number of aryl methyl sites for hydroxylation is 1. The third-order valence-corrected chi connectivity index (χ3v) is 5.61. The molecule has 0 radical (unpaired) electrons. The molecule has 0 unspecified atom stereocenters. The maximum absolute atomic E-state index is 13.2. The Balaban J connectivity index is 2.48. The van der Waals surface area contributed by atoms with E-state index in [1.54, 1.807) is 25.1 Å². The molecule has 0 saturated heterocycles. The van der Waals surface area contributed by atoms with Gasteiger partial charge < -0.3 is 5.32 Å². The number of sulfonamides is 1. The Bertz CT molecular complexity index is 888. The number of carbonyl (C=O) groups excluding carboxylic acids is 1. The average Bonchev–Trinajstić information content (AvgIpc) is 2.52. The summed E-state index contributed by atoms with van der Waals surface area (Å²) in [5.41, 5.74) is 0.763. The van der Waals surface area contributed by atoms with E-state index in [9.17, 15) is 13.2 Å². The van der Waals surface area contributed by atoms with Crippen molar-refractivity contribution in [2.24, 2.45) is 0 Å². The van der Waals surface area contributed by atoms with Gasteiger partial charge in [0, 0.05) is 10.6 Å². The largest absolute Gasteiger partial charge is 0.350 e. The van der Waals surface area contributed by atoms with Gasteiger partial charge >= 0.3 is 0 Å². The van der Waals surface area contributed by atoms with Gasteiger partial charge in [0.1, 0.15) is 6.54 Å². The van der Waals surface area contributed by atoms with Crippen LogP contribution in [0.5, 0.6) is 0 Å². The predicted octanol–water partition coefficient (Wildman–Crippen LogP) is 3.76. The van der Waals surface area contributed by atoms with Crippen molar-refractivity contribution in [3.8, 4) is 0 Å². The number of carbonyl (C=O) groups is 1. The molecule has 0 fully saturated rings. The Morgan fingerprint density at radius 1 is 1.08 bits per heavy atom. The number of amides is 1. The molecular formula is C19H23ClN2O3S. The molecule has 140 valence electrons. The lowest BCUT2D eigenvalue weighted by atomic mass is 10.1. The van der Waals surface area contributed by atoms with E-state index in [-0.39, 0.29) is 17.3 Å². The first-order valence-corrected chi connectivity index (χ1v) is 9.97. The number of nitrogens with zero attached hydrogens (tertiary/aromatic N) is 1. The molecule has 26 heavy (non-hydrogen) atoms. The SMILES string of the molecule is Cc1ccccc1N(CC(=O)NC(C)(C)C)S(=O)(=O)c1ccc(Cl)cc1. The quantitative estimate of drug-likeness (QED) is 0.839. The van der Waals surface area contributed by atoms with Gasteiger partial charge in [0.25, 0.3) is 10.0 Å². The highest BCUT2D eigenvalue weighted by Crippen LogP contribution is 2.27. The summed E-state index contributed by atoms with van der Waals surface area (Å²) >= 11 is 5.87. The first kappa shape index (κ1) is 20.3. The van der Waals surface area contributed by atoms with Crippen LogP contribution in [0.1, 0.15) is 26.3 Å². The Morgan fingerprint density at radius 3 is 2.19 bits per heavy atom. The molecule has 0 aliphatic carbocycles. The van der Waals surface area contributed by atoms with Crippen LogP contribution in [-0.2, 0) is 14.8 Å². The van der Waals surface area contributed by atoms with Crippen LogP contribution < -0.4 is 9.62 Å². The fourth-order valence-corrected chi connectivity index (χ4v) is 4.08. The highest BCUT2D eigenvalue weighted by Gasteiger charge is 2.29. The molecule has 0 saturated carbocycles. The lowest BCUT2D eigenvalue weighted by Gasteiger charge is -2.28. The molecule has 5 nitrogen and oxygen atoms in total. The fraction of sp³-hybridized carbons (Fsp3) is 0.316. The molecule has 0 bridgehead atoms. The van der Waals surface area contributed by atoms with Crippen LogP contribution >= 0.6 is 11.6 Å². The van der Waals surface area contributed by atoms with Crippen LogP contribution in [0.2, 0.25) is 5.02 Å². The van der Waals surface area contributed by atoms with Crippen molar-refractivity contribution in [3.05, 3.63) is 59.1 Å². The van der Waals surface area contributed by atoms with Crippen LogP contribution in [0.4, 0.5) is 5.69 Å². The van der Waals surface area contributed by atoms with Gasteiger partial charge in [-0.1, -0.05) is 29.8 Å². The molecule has 0 atom stereocenters. The smallest absolute Gasteiger partial charge is 0.264 e. The standard InChI is InChI=1S/C19H23ClN2O3S/c1-14-7-5-6-8-17(14)22(13-18(23)21-19(2,3)4)26(24,25)16-11-9-15(20)10-12-16/h5-12H,13H2,1-4H3,(H,21,23). The molecule has 0 spiro atoms. The molecule has 0 aliphatic heterocycles. The predicted molar refractivity (Wildman–Crippen MR) is 105 cm³/mol. The molecule has 0 heterocycles. The lowest BCUT2D eigenvalue weighted by molar-refractivity contribution is -0.121. The minimum atomic E-state index is -3.93. The summed E-state index contributed by atoms with van der Waals surface area (Å²) in [6, 6.07) is 13.0. The van der Waals surface area contributed by atoms with E-state index < -0.39 is 15.6 Å². The summed E-state index contributed by atoms with van der Waals surface area (Å²) in [4.78, 5) is 12.5. The first-order chi connectivity index (χ1) is 12.0. The molecule has 0 aromatic heterocycles. The Kier molecular flexibility index (Phi) is 5.98. The van der Waals surface area contributed by atoms with Crippen molar-refractivity contribution < 1.29 is 13.2 Å². The van der Waals surface area contributed by atoms with E-state index in [1.165, 1.54) is 24.3 Å². The second-order valence-electron chi connectivity index (χ2n) is 7.05. The van der Waals surface area contributed by atoms with Gasteiger partial charge in [-0.3, -0.25) is 9.10 Å². The Morgan fingerprint density at radius 2 is 1.65 bits per heavy atom. The van der Waals surface area contributed by atoms with Gasteiger partial charge in [0.05, 0.1) is 10.6 Å². The fourth-order valence-electron chi connectivity index (χ4n) is 2.46. The van der Waals surface area contributed by atoms with E-state index in [1.807, 2.05) is 26.8 Å². The molecule has 0 aliphatic rings. The van der Waals surface area contributed by atoms with Crippen molar-refractivity contribution >= 4 is 33.2 Å². The lowest BCUT2D eigenvalue weighted by Crippen LogP contribution is -2.47. The highest BCUT2D eigenvalue weighted by molar-refractivity contribution is 7.92. The number of nitrogens with one attached hydrogen (secondary N) is 1. The van der Waals surface area contributed by atoms with Crippen LogP contribution in [0.25, 0.3) is 0 Å². The van der Waals surface area contributed by atoms with E-state index in [0.717, 1.165) is 9.87 Å². The zero-order chi connectivity index (χ0) is 19.5. The van der Waals surface area contributed by atoms with Gasteiger partial charge in [-0.25, -0.2) is 8.42 Å². The molecule has 2 aromatic carbocycles. The van der Waals surface area contributed by atoms with Gasteiger partial charge in [-0.15, -0.1) is 0 Å². The number of rotatable bonds is 5. The van der Waals surface area contributed by atoms with Crippen molar-refractivity contribution in [2.75, 3.05) is 10.8 Å². The molecule has 2 rings (SSSR count). The summed E-state index contributed by atoms with van der Waals surface area (Å²) < 4.78 is 27.5. The van der Waals surface area contributed by atoms with Crippen molar-refractivity contribution in [2.45, 2.75) is 38.1 Å². The average molecular weight is 395 g/mol. The maximum atomic E-state index is 13.2. The van der Waals surface area contributed by atoms with Crippen LogP contribution in [0.3, 0.4) is 0 Å². The number of hydrogen-bond acceptors (Lipinski definition) is 3. The van der Waals surface area contributed by atoms with E-state index in [0.29, 0.717) is 10.7 Å². The summed E-state index contributed by atoms with van der Waals surface area (Å²) in [6.07, 6.45) is 0. The van der Waals surface area contributed by atoms with Gasteiger partial charge in [-0.05, 0) is 63.6 Å². The van der Waals surface area contributed by atoms with Crippen molar-refractivity contribution in [3.63, 3.8) is 0 Å². The summed E-state index contributed by atoms with van der Waals surface area (Å²) in [6.45, 7) is 7.03. The molecular weight excluding hydrogens is 372 g/mol. The van der Waals surface area contributed by atoms with Gasteiger partial charge in [0.15, 0.2) is 0 Å². The maximum Gasteiger partial charge on any atom is 0.264 e. The van der Waals surface area contributed by atoms with E-state index in [4.69, 9.17) is 11.6 Å². The second kappa shape index (κ2) is 7.68. The van der Waals surface area contributed by atoms with Gasteiger partial charge in [0.2, 0.25) is 5.91 Å². The number of halogens is 1. The zero-order valence-electron chi connectivity index (χ0n) is 15.3. The highest BCUT2D eigenvalue weighted by atomic mass is 35.5. The third kappa shape index (κ3) is 4.99. The summed E-state index contributed by atoms with van der Waals surface area (Å²) in [7, 11) is -3.93. The Hall–Kier alpha value is -2.05. The minimum absolute atomic E-state index is 0.0775. The number of anilines is 1. The van der Waals surface area contributed by atoms with Crippen molar-refractivity contribution in [1.29, 1.82) is 0 Å². The number of para-hydroxylation sites is 1. The second-order valence-corrected chi connectivity index (χ2v) is 9.35. The topological polar surface area (TPSA) is 66.5 Å². The van der Waals surface area contributed by atoms with Crippen LogP contribution in [-0.4, -0.2) is 26.4 Å². The summed E-state index contributed by atoms with van der Waals surface area (Å²) in [5.74, 6) is -0.377. The van der Waals surface area contributed by atoms with Crippen LogP contribution in [0, 0.1) is 6.92 Å². The molecule has 1 N–H and O–H groups in total. The molecule has 1 amide bonds. The van der Waals surface area contributed by atoms with Crippen molar-refractivity contribution in [1.82, 2.24) is 5.32 Å². The molecule has 7 heteroatoms. The minimum Gasteiger partial charge on any atom is -0.350 e. The normalized spacial score (nSPS) is 11.9. The molecule has 2 aromatic rings. The first-order valence-electron chi connectivity index (χ1n) is 8.16. The summed E-state index contributed by atoms with van der Waals surface area (Å²) in [5, 5.41) is 3.25. The zero-order valence-corrected chi connectivity index (χ0v) is 16.9. The van der Waals surface area contributed by atoms with Crippen LogP contribution in [0.15, 0.2) is 53.4 Å². The Labute approximate surface area is 160 Å². The number of hydrogen-bond donors (Lipinski definition) is 1. The van der Waals surface area contributed by atoms with E-state index in [2.05, 4.69) is 5.32 Å². The third-order valence-electron chi connectivity index (χ3n) is 3.59. The monoisotopic (exact) mass is 394 g/mol. The number of benzene rings is 2. The van der Waals surface area contributed by atoms with E-state index >= 15 is 0 Å².